The number of nitriles is 1. The molecule has 134 valence electrons. The molecule has 0 atom stereocenters. The van der Waals surface area contributed by atoms with Crippen LogP contribution in [0.1, 0.15) is 12.0 Å². The summed E-state index contributed by atoms with van der Waals surface area (Å²) in [6.45, 7) is 0.00166. The number of nitrogens with zero attached hydrogens (tertiary/aromatic N) is 4. The Bertz CT molecular complexity index is 1160. The number of hydrogen-bond donors (Lipinski definition) is 0. The van der Waals surface area contributed by atoms with Crippen molar-refractivity contribution >= 4 is 37.5 Å². The van der Waals surface area contributed by atoms with E-state index in [2.05, 4.69) is 20.9 Å². The number of thiophene rings is 1. The van der Waals surface area contributed by atoms with Crippen LogP contribution < -0.4 is 11.2 Å². The van der Waals surface area contributed by atoms with Crippen molar-refractivity contribution in [2.45, 2.75) is 19.1 Å². The highest BCUT2D eigenvalue weighted by Gasteiger charge is 2.31. The zero-order valence-electron chi connectivity index (χ0n) is 12.7. The Kier molecular flexibility index (Phi) is 4.72. The first-order valence-corrected chi connectivity index (χ1v) is 8.69. The molecule has 0 aliphatic carbocycles. The lowest BCUT2D eigenvalue weighted by atomic mass is 10.2. The van der Waals surface area contributed by atoms with Crippen LogP contribution in [0, 0.1) is 11.3 Å². The molecule has 0 N–H and O–H groups in total. The average Bonchev–Trinajstić information content (AvgIpc) is 2.96. The number of hydrogen-bond acceptors (Lipinski definition) is 5. The summed E-state index contributed by atoms with van der Waals surface area (Å²) < 4.78 is 41.4. The highest BCUT2D eigenvalue weighted by atomic mass is 79.9. The predicted octanol–water partition coefficient (Wildman–Crippen LogP) is 3.30. The van der Waals surface area contributed by atoms with Crippen molar-refractivity contribution in [2.75, 3.05) is 0 Å². The topological polar surface area (TPSA) is 80.7 Å². The fourth-order valence-electron chi connectivity index (χ4n) is 2.43. The SMILES string of the molecule is N#CCCn1c(=O)n(-c2cncc(C(F)(F)F)c2)c(=O)c2sc(Br)cc21. The van der Waals surface area contributed by atoms with Crippen molar-refractivity contribution in [3.63, 3.8) is 0 Å². The standard InChI is InChI=1S/C15H8BrF3N4O2S/c16-11-5-10-12(26-11)13(24)23(14(25)22(10)3-1-2-20)9-4-8(6-21-7-9)15(17,18)19/h4-7H,1,3H2. The van der Waals surface area contributed by atoms with Gasteiger partial charge in [-0.3, -0.25) is 14.3 Å². The number of aryl methyl sites for hydroxylation is 1. The van der Waals surface area contributed by atoms with Gasteiger partial charge in [-0.05, 0) is 28.1 Å². The second kappa shape index (κ2) is 6.69. The zero-order valence-corrected chi connectivity index (χ0v) is 15.2. The summed E-state index contributed by atoms with van der Waals surface area (Å²) in [5.41, 5.74) is -2.60. The van der Waals surface area contributed by atoms with Gasteiger partial charge in [-0.1, -0.05) is 0 Å². The smallest absolute Gasteiger partial charge is 0.291 e. The van der Waals surface area contributed by atoms with Gasteiger partial charge in [0.1, 0.15) is 4.70 Å². The Balaban J connectivity index is 2.36. The molecule has 11 heteroatoms. The molecule has 0 spiro atoms. The van der Waals surface area contributed by atoms with Crippen LogP contribution in [0.15, 0.2) is 37.9 Å². The third kappa shape index (κ3) is 3.17. The fourth-order valence-corrected chi connectivity index (χ4v) is 3.95. The number of fused-ring (bicyclic) bond motifs is 1. The van der Waals surface area contributed by atoms with E-state index in [1.165, 1.54) is 4.57 Å². The number of aromatic nitrogens is 3. The van der Waals surface area contributed by atoms with E-state index in [4.69, 9.17) is 5.26 Å². The molecule has 26 heavy (non-hydrogen) atoms. The van der Waals surface area contributed by atoms with Crippen LogP contribution in [0.3, 0.4) is 0 Å². The van der Waals surface area contributed by atoms with Crippen LogP contribution in [-0.2, 0) is 12.7 Å². The largest absolute Gasteiger partial charge is 0.417 e. The van der Waals surface area contributed by atoms with E-state index in [0.29, 0.717) is 26.1 Å². The Hall–Kier alpha value is -2.45. The second-order valence-electron chi connectivity index (χ2n) is 5.18. The minimum absolute atomic E-state index is 0.00150. The van der Waals surface area contributed by atoms with E-state index in [9.17, 15) is 22.8 Å². The highest BCUT2D eigenvalue weighted by Crippen LogP contribution is 2.30. The van der Waals surface area contributed by atoms with Gasteiger partial charge in [-0.15, -0.1) is 11.3 Å². The molecule has 0 saturated carbocycles. The molecular formula is C15H8BrF3N4O2S. The number of rotatable bonds is 3. The van der Waals surface area contributed by atoms with Gasteiger partial charge >= 0.3 is 11.9 Å². The normalized spacial score (nSPS) is 11.7. The van der Waals surface area contributed by atoms with Crippen LogP contribution in [0.25, 0.3) is 15.9 Å². The molecular weight excluding hydrogens is 437 g/mol. The van der Waals surface area contributed by atoms with E-state index in [0.717, 1.165) is 17.5 Å². The first kappa shape index (κ1) is 18.3. The first-order chi connectivity index (χ1) is 12.2. The summed E-state index contributed by atoms with van der Waals surface area (Å²) in [7, 11) is 0. The Morgan fingerprint density at radius 3 is 2.65 bits per heavy atom. The molecule has 0 unspecified atom stereocenters. The molecule has 3 aromatic rings. The lowest BCUT2D eigenvalue weighted by molar-refractivity contribution is -0.137. The predicted molar refractivity (Wildman–Crippen MR) is 92.4 cm³/mol. The molecule has 3 heterocycles. The molecule has 0 fully saturated rings. The summed E-state index contributed by atoms with van der Waals surface area (Å²) >= 11 is 4.28. The van der Waals surface area contributed by atoms with Gasteiger partial charge in [0, 0.05) is 12.7 Å². The van der Waals surface area contributed by atoms with Gasteiger partial charge in [0.25, 0.3) is 5.56 Å². The zero-order chi connectivity index (χ0) is 19.1. The number of pyridine rings is 1. The molecule has 0 aliphatic heterocycles. The van der Waals surface area contributed by atoms with Crippen LogP contribution in [0.2, 0.25) is 0 Å². The lowest BCUT2D eigenvalue weighted by Crippen LogP contribution is -2.38. The van der Waals surface area contributed by atoms with Gasteiger partial charge in [-0.25, -0.2) is 9.36 Å². The maximum absolute atomic E-state index is 12.9. The van der Waals surface area contributed by atoms with Crippen molar-refractivity contribution in [1.29, 1.82) is 5.26 Å². The minimum Gasteiger partial charge on any atom is -0.291 e. The van der Waals surface area contributed by atoms with E-state index in [1.54, 1.807) is 6.07 Å². The van der Waals surface area contributed by atoms with Crippen molar-refractivity contribution in [2.24, 2.45) is 0 Å². The molecule has 6 nitrogen and oxygen atoms in total. The Morgan fingerprint density at radius 1 is 1.27 bits per heavy atom. The molecule has 0 aliphatic rings. The third-order valence-electron chi connectivity index (χ3n) is 3.55. The number of halogens is 4. The Labute approximate surface area is 155 Å². The van der Waals surface area contributed by atoms with Gasteiger partial charge in [0.05, 0.1) is 39.2 Å². The van der Waals surface area contributed by atoms with Crippen LogP contribution in [0.5, 0.6) is 0 Å². The molecule has 0 saturated heterocycles. The number of alkyl halides is 3. The van der Waals surface area contributed by atoms with Crippen molar-refractivity contribution in [3.05, 3.63) is 54.7 Å². The van der Waals surface area contributed by atoms with Gasteiger partial charge < -0.3 is 0 Å². The molecule has 3 rings (SSSR count). The second-order valence-corrected chi connectivity index (χ2v) is 7.61. The maximum atomic E-state index is 12.9. The summed E-state index contributed by atoms with van der Waals surface area (Å²) in [5.74, 6) is 0. The fraction of sp³-hybridized carbons (Fsp3) is 0.200. The van der Waals surface area contributed by atoms with Crippen LogP contribution in [-0.4, -0.2) is 14.1 Å². The van der Waals surface area contributed by atoms with Gasteiger partial charge in [0.2, 0.25) is 0 Å². The van der Waals surface area contributed by atoms with Crippen molar-refractivity contribution < 1.29 is 13.2 Å². The van der Waals surface area contributed by atoms with Crippen molar-refractivity contribution in [1.82, 2.24) is 14.1 Å². The monoisotopic (exact) mass is 444 g/mol. The molecule has 0 bridgehead atoms. The molecule has 3 aromatic heterocycles. The van der Waals surface area contributed by atoms with Crippen LogP contribution >= 0.6 is 27.3 Å². The maximum Gasteiger partial charge on any atom is 0.417 e. The van der Waals surface area contributed by atoms with E-state index in [1.807, 2.05) is 6.07 Å². The quantitative estimate of drug-likeness (QED) is 0.620. The first-order valence-electron chi connectivity index (χ1n) is 7.08. The minimum atomic E-state index is -4.66. The van der Waals surface area contributed by atoms with E-state index < -0.39 is 23.0 Å². The summed E-state index contributed by atoms with van der Waals surface area (Å²) in [6, 6.07) is 4.16. The highest BCUT2D eigenvalue weighted by molar-refractivity contribution is 9.11. The molecule has 0 aromatic carbocycles. The summed E-state index contributed by atoms with van der Waals surface area (Å²) in [5, 5.41) is 8.79. The summed E-state index contributed by atoms with van der Waals surface area (Å²) in [6.07, 6.45) is -3.03. The third-order valence-corrected chi connectivity index (χ3v) is 5.16. The van der Waals surface area contributed by atoms with Gasteiger partial charge in [0.15, 0.2) is 0 Å². The summed E-state index contributed by atoms with van der Waals surface area (Å²) in [4.78, 5) is 29.0. The van der Waals surface area contributed by atoms with E-state index >= 15 is 0 Å². The van der Waals surface area contributed by atoms with Crippen LogP contribution in [0.4, 0.5) is 13.2 Å². The average molecular weight is 445 g/mol. The van der Waals surface area contributed by atoms with Gasteiger partial charge in [-0.2, -0.15) is 18.4 Å². The molecule has 0 amide bonds. The van der Waals surface area contributed by atoms with E-state index in [-0.39, 0.29) is 23.4 Å². The lowest BCUT2D eigenvalue weighted by Gasteiger charge is -2.12. The Morgan fingerprint density at radius 2 is 2.00 bits per heavy atom. The molecule has 0 radical (unpaired) electrons. The van der Waals surface area contributed by atoms with Crippen molar-refractivity contribution in [3.8, 4) is 11.8 Å².